The number of hydrogen-bond acceptors (Lipinski definition) is 8. The average Bonchev–Trinajstić information content (AvgIpc) is 2.76. The lowest BCUT2D eigenvalue weighted by Crippen LogP contribution is -2.24. The second kappa shape index (κ2) is 9.38. The standard InChI is InChI=1S/C22H26FN7O/c1-4-18(30-26)21-13-7-19(22(25)29-10-13)31-12(2)17-8-15(23)5-6-16(17)20(24)14(9-27-3)11-28-21/h5-10,12,24,26-28H,4,11H2,1-3H3,(H2,25,29)/b14-9-,21-18-,24-20?,30-26?. The molecule has 9 heteroatoms. The van der Waals surface area contributed by atoms with Crippen molar-refractivity contribution in [3.63, 3.8) is 0 Å². The van der Waals surface area contributed by atoms with E-state index in [1.165, 1.54) is 12.1 Å². The Hall–Kier alpha value is -3.75. The van der Waals surface area contributed by atoms with Gasteiger partial charge in [-0.2, -0.15) is 5.11 Å². The molecule has 2 bridgehead atoms. The number of anilines is 1. The Morgan fingerprint density at radius 1 is 1.45 bits per heavy atom. The Bertz CT molecular complexity index is 1080. The van der Waals surface area contributed by atoms with Crippen molar-refractivity contribution in [2.45, 2.75) is 26.4 Å². The van der Waals surface area contributed by atoms with Crippen molar-refractivity contribution in [3.05, 3.63) is 70.4 Å². The molecular weight excluding hydrogens is 397 g/mol. The molecule has 1 aliphatic heterocycles. The van der Waals surface area contributed by atoms with Crippen molar-refractivity contribution in [1.82, 2.24) is 15.6 Å². The van der Waals surface area contributed by atoms with E-state index in [0.29, 0.717) is 45.8 Å². The van der Waals surface area contributed by atoms with E-state index in [-0.39, 0.29) is 18.1 Å². The van der Waals surface area contributed by atoms with Gasteiger partial charge in [-0.05, 0) is 37.6 Å². The van der Waals surface area contributed by atoms with Crippen LogP contribution in [0.15, 0.2) is 53.0 Å². The molecule has 0 aliphatic carbocycles. The largest absolute Gasteiger partial charge is 0.482 e. The fraction of sp³-hybridized carbons (Fsp3) is 0.273. The minimum Gasteiger partial charge on any atom is -0.482 e. The minimum atomic E-state index is -0.590. The van der Waals surface area contributed by atoms with Crippen molar-refractivity contribution in [1.29, 1.82) is 10.9 Å². The molecule has 0 amide bonds. The molecule has 1 unspecified atom stereocenters. The summed E-state index contributed by atoms with van der Waals surface area (Å²) in [5.41, 5.74) is 17.3. The van der Waals surface area contributed by atoms with Crippen LogP contribution in [0.1, 0.15) is 43.1 Å². The third-order valence-corrected chi connectivity index (χ3v) is 5.05. The van der Waals surface area contributed by atoms with Crippen LogP contribution in [0.3, 0.4) is 0 Å². The van der Waals surface area contributed by atoms with E-state index in [9.17, 15) is 4.39 Å². The summed E-state index contributed by atoms with van der Waals surface area (Å²) in [4.78, 5) is 4.24. The van der Waals surface area contributed by atoms with Gasteiger partial charge in [-0.3, -0.25) is 5.41 Å². The predicted octanol–water partition coefficient (Wildman–Crippen LogP) is 4.13. The SMILES string of the molecule is CC/C(N=N)=C1/NC/C(=C/NC)C(=N)c2ccc(F)cc2C(C)Oc2cc1cnc2N. The zero-order valence-corrected chi connectivity index (χ0v) is 17.7. The Labute approximate surface area is 180 Å². The van der Waals surface area contributed by atoms with Crippen molar-refractivity contribution >= 4 is 17.2 Å². The van der Waals surface area contributed by atoms with Crippen molar-refractivity contribution < 1.29 is 9.13 Å². The molecule has 2 aromatic rings. The van der Waals surface area contributed by atoms with Crippen LogP contribution in [0.2, 0.25) is 0 Å². The maximum atomic E-state index is 14.1. The van der Waals surface area contributed by atoms with Gasteiger partial charge >= 0.3 is 0 Å². The van der Waals surface area contributed by atoms with Gasteiger partial charge in [-0.25, -0.2) is 14.9 Å². The number of hydrogen-bond donors (Lipinski definition) is 5. The number of nitrogens with two attached hydrogens (primary N) is 1. The van der Waals surface area contributed by atoms with Crippen molar-refractivity contribution in [3.8, 4) is 5.75 Å². The molecule has 0 saturated carbocycles. The Kier molecular flexibility index (Phi) is 6.64. The summed E-state index contributed by atoms with van der Waals surface area (Å²) in [5, 5.41) is 18.7. The molecule has 1 aromatic carbocycles. The number of allylic oxidation sites excluding steroid dienone is 1. The van der Waals surface area contributed by atoms with Gasteiger partial charge in [0, 0.05) is 48.3 Å². The number of nitrogen functional groups attached to an aromatic ring is 1. The quantitative estimate of drug-likeness (QED) is 0.474. The highest BCUT2D eigenvalue weighted by atomic mass is 19.1. The van der Waals surface area contributed by atoms with Gasteiger partial charge in [0.1, 0.15) is 11.9 Å². The summed E-state index contributed by atoms with van der Waals surface area (Å²) < 4.78 is 20.1. The van der Waals surface area contributed by atoms with Gasteiger partial charge in [0.05, 0.1) is 17.1 Å². The van der Waals surface area contributed by atoms with E-state index in [4.69, 9.17) is 21.4 Å². The average molecular weight is 423 g/mol. The van der Waals surface area contributed by atoms with E-state index < -0.39 is 11.9 Å². The number of pyridine rings is 1. The Balaban J connectivity index is 2.25. The van der Waals surface area contributed by atoms with Gasteiger partial charge in [0.2, 0.25) is 0 Å². The van der Waals surface area contributed by atoms with Crippen LogP contribution in [-0.2, 0) is 0 Å². The van der Waals surface area contributed by atoms with Gasteiger partial charge in [0.25, 0.3) is 0 Å². The van der Waals surface area contributed by atoms with Gasteiger partial charge in [-0.1, -0.05) is 6.92 Å². The summed E-state index contributed by atoms with van der Waals surface area (Å²) in [6.07, 6.45) is 3.23. The number of fused-ring (bicyclic) bond motifs is 3. The first-order chi connectivity index (χ1) is 14.9. The molecule has 0 spiro atoms. The molecule has 1 atom stereocenters. The monoisotopic (exact) mass is 423 g/mol. The van der Waals surface area contributed by atoms with E-state index in [2.05, 4.69) is 20.7 Å². The number of nitrogens with zero attached hydrogens (tertiary/aromatic N) is 2. The van der Waals surface area contributed by atoms with Crippen LogP contribution in [0.4, 0.5) is 10.2 Å². The van der Waals surface area contributed by atoms with Crippen LogP contribution in [0, 0.1) is 16.8 Å². The minimum absolute atomic E-state index is 0.191. The summed E-state index contributed by atoms with van der Waals surface area (Å²) in [6.45, 7) is 3.95. The number of rotatable bonds is 3. The second-order valence-electron chi connectivity index (χ2n) is 7.07. The normalized spacial score (nSPS) is 19.3. The van der Waals surface area contributed by atoms with Crippen molar-refractivity contribution in [2.75, 3.05) is 19.3 Å². The first kappa shape index (κ1) is 21.9. The van der Waals surface area contributed by atoms with E-state index in [0.717, 1.165) is 0 Å². The molecule has 2 heterocycles. The lowest BCUT2D eigenvalue weighted by Gasteiger charge is -2.23. The molecule has 31 heavy (non-hydrogen) atoms. The second-order valence-corrected chi connectivity index (χ2v) is 7.07. The molecule has 0 fully saturated rings. The highest BCUT2D eigenvalue weighted by molar-refractivity contribution is 6.12. The summed E-state index contributed by atoms with van der Waals surface area (Å²) in [5.74, 6) is 0.107. The Morgan fingerprint density at radius 3 is 2.90 bits per heavy atom. The van der Waals surface area contributed by atoms with Gasteiger partial charge < -0.3 is 21.1 Å². The molecule has 1 aliphatic rings. The summed E-state index contributed by atoms with van der Waals surface area (Å²) in [7, 11) is 1.75. The topological polar surface area (TPSA) is 132 Å². The van der Waals surface area contributed by atoms with Gasteiger partial charge in [0.15, 0.2) is 11.6 Å². The van der Waals surface area contributed by atoms with Gasteiger partial charge in [-0.15, -0.1) is 0 Å². The molecule has 162 valence electrons. The zero-order chi connectivity index (χ0) is 22.5. The Morgan fingerprint density at radius 2 is 2.23 bits per heavy atom. The fourth-order valence-electron chi connectivity index (χ4n) is 3.46. The maximum Gasteiger partial charge on any atom is 0.166 e. The molecule has 0 saturated heterocycles. The molecular formula is C22H26FN7O. The molecule has 1 aromatic heterocycles. The predicted molar refractivity (Wildman–Crippen MR) is 118 cm³/mol. The number of nitrogens with one attached hydrogen (secondary N) is 4. The van der Waals surface area contributed by atoms with E-state index >= 15 is 0 Å². The highest BCUT2D eigenvalue weighted by Crippen LogP contribution is 2.32. The highest BCUT2D eigenvalue weighted by Gasteiger charge is 2.22. The molecule has 0 radical (unpaired) electrons. The summed E-state index contributed by atoms with van der Waals surface area (Å²) >= 11 is 0. The zero-order valence-electron chi connectivity index (χ0n) is 17.7. The molecule has 6 N–H and O–H groups in total. The third kappa shape index (κ3) is 4.55. The smallest absolute Gasteiger partial charge is 0.166 e. The van der Waals surface area contributed by atoms with Crippen LogP contribution < -0.4 is 21.1 Å². The number of benzene rings is 1. The third-order valence-electron chi connectivity index (χ3n) is 5.05. The molecule has 3 rings (SSSR count). The van der Waals surface area contributed by atoms with E-state index in [1.807, 2.05) is 6.92 Å². The maximum absolute atomic E-state index is 14.1. The van der Waals surface area contributed by atoms with Crippen LogP contribution in [0.5, 0.6) is 5.75 Å². The first-order valence-electron chi connectivity index (χ1n) is 9.91. The summed E-state index contributed by atoms with van der Waals surface area (Å²) in [6, 6.07) is 6.01. The van der Waals surface area contributed by atoms with E-state index in [1.54, 1.807) is 38.5 Å². The van der Waals surface area contributed by atoms with Crippen LogP contribution in [-0.4, -0.2) is 24.3 Å². The number of halogens is 1. The lowest BCUT2D eigenvalue weighted by atomic mass is 9.94. The number of aromatic nitrogens is 1. The van der Waals surface area contributed by atoms with Crippen LogP contribution >= 0.6 is 0 Å². The molecule has 8 nitrogen and oxygen atoms in total. The first-order valence-corrected chi connectivity index (χ1v) is 9.91. The fourth-order valence-corrected chi connectivity index (χ4v) is 3.46. The lowest BCUT2D eigenvalue weighted by molar-refractivity contribution is 0.227. The van der Waals surface area contributed by atoms with Crippen LogP contribution in [0.25, 0.3) is 5.70 Å². The number of ether oxygens (including phenoxy) is 1. The van der Waals surface area contributed by atoms with Crippen molar-refractivity contribution in [2.24, 2.45) is 5.11 Å².